The number of rotatable bonds is 4. The van der Waals surface area contributed by atoms with E-state index in [1.54, 1.807) is 12.5 Å². The molecule has 0 fully saturated rings. The highest BCUT2D eigenvalue weighted by Gasteiger charge is 2.23. The Hall–Kier alpha value is -2.30. The zero-order chi connectivity index (χ0) is 13.8. The van der Waals surface area contributed by atoms with Crippen LogP contribution in [-0.4, -0.2) is 28.5 Å². The number of hydrogen-bond acceptors (Lipinski definition) is 3. The van der Waals surface area contributed by atoms with Gasteiger partial charge in [-0.15, -0.1) is 0 Å². The number of anilines is 1. The van der Waals surface area contributed by atoms with E-state index >= 15 is 0 Å². The maximum Gasteiger partial charge on any atom is 0.225 e. The Morgan fingerprint density at radius 2 is 2.35 bits per heavy atom. The smallest absolute Gasteiger partial charge is 0.225 e. The Labute approximate surface area is 118 Å². The number of amides is 1. The lowest BCUT2D eigenvalue weighted by Gasteiger charge is -2.25. The van der Waals surface area contributed by atoms with Crippen LogP contribution in [0.2, 0.25) is 0 Å². The zero-order valence-corrected chi connectivity index (χ0v) is 11.2. The molecular weight excluding hydrogens is 252 g/mol. The topological polar surface area (TPSA) is 59.0 Å². The molecule has 2 N–H and O–H groups in total. The second-order valence-electron chi connectivity index (χ2n) is 5.03. The molecule has 1 aliphatic rings. The van der Waals surface area contributed by atoms with E-state index in [9.17, 15) is 4.79 Å². The molecule has 3 rings (SSSR count). The van der Waals surface area contributed by atoms with E-state index in [1.807, 2.05) is 22.9 Å². The molecule has 0 bridgehead atoms. The quantitative estimate of drug-likeness (QED) is 0.880. The first-order chi connectivity index (χ1) is 9.83. The molecule has 20 heavy (non-hydrogen) atoms. The first-order valence-electron chi connectivity index (χ1n) is 6.88. The summed E-state index contributed by atoms with van der Waals surface area (Å²) in [5.74, 6) is 0.125. The van der Waals surface area contributed by atoms with E-state index in [0.29, 0.717) is 13.1 Å². The van der Waals surface area contributed by atoms with Gasteiger partial charge in [-0.2, -0.15) is 0 Å². The van der Waals surface area contributed by atoms with Crippen LogP contribution in [0.1, 0.15) is 5.56 Å². The monoisotopic (exact) mass is 270 g/mol. The highest BCUT2D eigenvalue weighted by molar-refractivity contribution is 5.80. The molecule has 1 amide bonds. The number of nitrogens with zero attached hydrogens (tertiary/aromatic N) is 2. The Morgan fingerprint density at radius 1 is 1.45 bits per heavy atom. The van der Waals surface area contributed by atoms with E-state index in [-0.39, 0.29) is 11.8 Å². The summed E-state index contributed by atoms with van der Waals surface area (Å²) in [6, 6.07) is 8.16. The van der Waals surface area contributed by atoms with Gasteiger partial charge in [-0.25, -0.2) is 4.98 Å². The van der Waals surface area contributed by atoms with Crippen LogP contribution in [0.5, 0.6) is 0 Å². The van der Waals surface area contributed by atoms with Gasteiger partial charge in [-0.1, -0.05) is 18.2 Å². The SMILES string of the molecule is O=C(NCCn1ccnc1)C1CNc2ccccc2C1. The summed E-state index contributed by atoms with van der Waals surface area (Å²) >= 11 is 0. The summed E-state index contributed by atoms with van der Waals surface area (Å²) in [4.78, 5) is 16.1. The van der Waals surface area contributed by atoms with Crippen LogP contribution in [0.15, 0.2) is 43.0 Å². The molecule has 0 saturated heterocycles. The first kappa shape index (κ1) is 12.7. The molecule has 0 radical (unpaired) electrons. The van der Waals surface area contributed by atoms with Crippen LogP contribution in [-0.2, 0) is 17.8 Å². The summed E-state index contributed by atoms with van der Waals surface area (Å²) < 4.78 is 1.95. The van der Waals surface area contributed by atoms with E-state index in [1.165, 1.54) is 5.56 Å². The Morgan fingerprint density at radius 3 is 3.20 bits per heavy atom. The highest BCUT2D eigenvalue weighted by Crippen LogP contribution is 2.24. The van der Waals surface area contributed by atoms with Crippen LogP contribution in [0, 0.1) is 5.92 Å². The number of aromatic nitrogens is 2. The molecule has 104 valence electrons. The third-order valence-corrected chi connectivity index (χ3v) is 3.62. The van der Waals surface area contributed by atoms with E-state index in [0.717, 1.165) is 18.7 Å². The van der Waals surface area contributed by atoms with Gasteiger partial charge in [0.15, 0.2) is 0 Å². The third kappa shape index (κ3) is 2.82. The molecule has 0 saturated carbocycles. The van der Waals surface area contributed by atoms with E-state index in [4.69, 9.17) is 0 Å². The van der Waals surface area contributed by atoms with Crippen molar-refractivity contribution >= 4 is 11.6 Å². The zero-order valence-electron chi connectivity index (χ0n) is 11.2. The van der Waals surface area contributed by atoms with E-state index in [2.05, 4.69) is 27.8 Å². The molecule has 0 aliphatic carbocycles. The van der Waals surface area contributed by atoms with Crippen molar-refractivity contribution in [1.29, 1.82) is 0 Å². The van der Waals surface area contributed by atoms with Crippen molar-refractivity contribution in [3.05, 3.63) is 48.5 Å². The maximum absolute atomic E-state index is 12.2. The van der Waals surface area contributed by atoms with Crippen molar-refractivity contribution in [2.45, 2.75) is 13.0 Å². The lowest BCUT2D eigenvalue weighted by molar-refractivity contribution is -0.124. The molecule has 1 aromatic carbocycles. The van der Waals surface area contributed by atoms with Gasteiger partial charge >= 0.3 is 0 Å². The van der Waals surface area contributed by atoms with Gasteiger partial charge in [-0.05, 0) is 18.1 Å². The molecule has 1 unspecified atom stereocenters. The number of benzene rings is 1. The van der Waals surface area contributed by atoms with Crippen molar-refractivity contribution in [2.24, 2.45) is 5.92 Å². The van der Waals surface area contributed by atoms with Gasteiger partial charge < -0.3 is 15.2 Å². The standard InChI is InChI=1S/C15H18N4O/c20-15(17-6-8-19-7-5-16-11-19)13-9-12-3-1-2-4-14(12)18-10-13/h1-5,7,11,13,18H,6,8-10H2,(H,17,20). The fourth-order valence-corrected chi connectivity index (χ4v) is 2.50. The lowest BCUT2D eigenvalue weighted by atomic mass is 9.93. The number of carbonyl (C=O) groups is 1. The number of fused-ring (bicyclic) bond motifs is 1. The van der Waals surface area contributed by atoms with Crippen LogP contribution < -0.4 is 10.6 Å². The van der Waals surface area contributed by atoms with Gasteiger partial charge in [0.05, 0.1) is 12.2 Å². The molecule has 2 heterocycles. The second-order valence-corrected chi connectivity index (χ2v) is 5.03. The molecule has 1 atom stereocenters. The molecule has 5 heteroatoms. The highest BCUT2D eigenvalue weighted by atomic mass is 16.1. The first-order valence-corrected chi connectivity index (χ1v) is 6.88. The summed E-state index contributed by atoms with van der Waals surface area (Å²) in [7, 11) is 0. The Bertz CT molecular complexity index is 579. The van der Waals surface area contributed by atoms with Crippen molar-refractivity contribution in [1.82, 2.24) is 14.9 Å². The van der Waals surface area contributed by atoms with Crippen molar-refractivity contribution in [3.63, 3.8) is 0 Å². The van der Waals surface area contributed by atoms with Crippen LogP contribution in [0.25, 0.3) is 0 Å². The van der Waals surface area contributed by atoms with Crippen LogP contribution in [0.3, 0.4) is 0 Å². The summed E-state index contributed by atoms with van der Waals surface area (Å²) in [5, 5.41) is 6.32. The number of imidazole rings is 1. The van der Waals surface area contributed by atoms with Crippen molar-refractivity contribution in [3.8, 4) is 0 Å². The van der Waals surface area contributed by atoms with Gasteiger partial charge in [-0.3, -0.25) is 4.79 Å². The van der Waals surface area contributed by atoms with Gasteiger partial charge in [0.2, 0.25) is 5.91 Å². The molecular formula is C15H18N4O. The summed E-state index contributed by atoms with van der Waals surface area (Å²) in [6.45, 7) is 2.09. The minimum atomic E-state index is 0.00712. The van der Waals surface area contributed by atoms with E-state index < -0.39 is 0 Å². The largest absolute Gasteiger partial charge is 0.384 e. The molecule has 0 spiro atoms. The number of nitrogens with one attached hydrogen (secondary N) is 2. The average molecular weight is 270 g/mol. The molecule has 1 aliphatic heterocycles. The Balaban J connectivity index is 1.51. The average Bonchev–Trinajstić information content (AvgIpc) is 3.00. The number of para-hydroxylation sites is 1. The summed E-state index contributed by atoms with van der Waals surface area (Å²) in [5.41, 5.74) is 2.36. The predicted molar refractivity (Wildman–Crippen MR) is 77.4 cm³/mol. The molecule has 5 nitrogen and oxygen atoms in total. The minimum Gasteiger partial charge on any atom is -0.384 e. The Kier molecular flexibility index (Phi) is 3.67. The van der Waals surface area contributed by atoms with Crippen molar-refractivity contribution < 1.29 is 4.79 Å². The molecule has 2 aromatic rings. The summed E-state index contributed by atoms with van der Waals surface area (Å²) in [6.07, 6.45) is 6.19. The normalized spacial score (nSPS) is 17.1. The predicted octanol–water partition coefficient (Wildman–Crippen LogP) is 1.28. The lowest BCUT2D eigenvalue weighted by Crippen LogP contribution is -2.39. The van der Waals surface area contributed by atoms with Crippen LogP contribution >= 0.6 is 0 Å². The third-order valence-electron chi connectivity index (χ3n) is 3.62. The fourth-order valence-electron chi connectivity index (χ4n) is 2.50. The molecule has 1 aromatic heterocycles. The van der Waals surface area contributed by atoms with Crippen LogP contribution in [0.4, 0.5) is 5.69 Å². The second kappa shape index (κ2) is 5.77. The number of hydrogen-bond donors (Lipinski definition) is 2. The minimum absolute atomic E-state index is 0.00712. The fraction of sp³-hybridized carbons (Fsp3) is 0.333. The van der Waals surface area contributed by atoms with Gasteiger partial charge in [0, 0.05) is 37.7 Å². The van der Waals surface area contributed by atoms with Gasteiger partial charge in [0.25, 0.3) is 0 Å². The van der Waals surface area contributed by atoms with Crippen molar-refractivity contribution in [2.75, 3.05) is 18.4 Å². The number of carbonyl (C=O) groups excluding carboxylic acids is 1. The maximum atomic E-state index is 12.2. The van der Waals surface area contributed by atoms with Gasteiger partial charge in [0.1, 0.15) is 0 Å².